The molecule has 2 aromatic carbocycles. The molecule has 1 saturated heterocycles. The highest BCUT2D eigenvalue weighted by Crippen LogP contribution is 2.47. The fraction of sp³-hybridized carbons (Fsp3) is 0.391. The van der Waals surface area contributed by atoms with E-state index in [0.717, 1.165) is 17.5 Å². The first-order valence-electron chi connectivity index (χ1n) is 8.82. The van der Waals surface area contributed by atoms with Crippen LogP contribution in [0.5, 0.6) is 0 Å². The lowest BCUT2D eigenvalue weighted by atomic mass is 9.64. The van der Waals surface area contributed by atoms with Gasteiger partial charge in [-0.2, -0.15) is 0 Å². The standard InChI is InChI=1S/C22H24O3.CH4/c1-4-17(15-11-7-5-8-12-15)18-19(21(24)25-20(18)23)22(2,3)16-13-9-6-10-14-16;/h5-14,17-19H,4H2,1-3H3;1H4. The minimum atomic E-state index is -0.493. The highest BCUT2D eigenvalue weighted by atomic mass is 16.6. The van der Waals surface area contributed by atoms with Crippen molar-refractivity contribution in [2.45, 2.75) is 46.0 Å². The van der Waals surface area contributed by atoms with Gasteiger partial charge in [0.2, 0.25) is 0 Å². The fourth-order valence-electron chi connectivity index (χ4n) is 4.10. The molecule has 0 aliphatic carbocycles. The maximum absolute atomic E-state index is 12.6. The molecule has 2 aromatic rings. The van der Waals surface area contributed by atoms with Gasteiger partial charge in [0.15, 0.2) is 0 Å². The third-order valence-electron chi connectivity index (χ3n) is 5.48. The van der Waals surface area contributed by atoms with Crippen LogP contribution in [-0.2, 0) is 19.7 Å². The first-order chi connectivity index (χ1) is 12.0. The van der Waals surface area contributed by atoms with E-state index in [1.807, 2.05) is 74.5 Å². The van der Waals surface area contributed by atoms with Crippen LogP contribution in [0, 0.1) is 11.8 Å². The number of cyclic esters (lactones) is 2. The summed E-state index contributed by atoms with van der Waals surface area (Å²) in [5, 5.41) is 0. The second-order valence-electron chi connectivity index (χ2n) is 7.26. The fourth-order valence-corrected chi connectivity index (χ4v) is 4.10. The predicted octanol–water partition coefficient (Wildman–Crippen LogP) is 5.11. The van der Waals surface area contributed by atoms with Crippen LogP contribution in [0.2, 0.25) is 0 Å². The van der Waals surface area contributed by atoms with E-state index in [4.69, 9.17) is 4.74 Å². The molecule has 26 heavy (non-hydrogen) atoms. The molecule has 138 valence electrons. The van der Waals surface area contributed by atoms with Gasteiger partial charge in [-0.3, -0.25) is 9.59 Å². The van der Waals surface area contributed by atoms with Crippen molar-refractivity contribution in [3.63, 3.8) is 0 Å². The summed E-state index contributed by atoms with van der Waals surface area (Å²) in [5.74, 6) is -1.79. The molecule has 0 aromatic heterocycles. The number of ether oxygens (including phenoxy) is 1. The molecule has 0 bridgehead atoms. The van der Waals surface area contributed by atoms with Crippen LogP contribution in [0.3, 0.4) is 0 Å². The summed E-state index contributed by atoms with van der Waals surface area (Å²) < 4.78 is 5.12. The van der Waals surface area contributed by atoms with Crippen molar-refractivity contribution < 1.29 is 14.3 Å². The Kier molecular flexibility index (Phi) is 6.01. The van der Waals surface area contributed by atoms with Crippen LogP contribution >= 0.6 is 0 Å². The average molecular weight is 352 g/mol. The highest BCUT2D eigenvalue weighted by Gasteiger charge is 2.55. The van der Waals surface area contributed by atoms with Crippen LogP contribution in [0.1, 0.15) is 51.7 Å². The van der Waals surface area contributed by atoms with Gasteiger partial charge in [0, 0.05) is 5.41 Å². The van der Waals surface area contributed by atoms with E-state index in [9.17, 15) is 9.59 Å². The zero-order chi connectivity index (χ0) is 18.0. The van der Waals surface area contributed by atoms with Crippen molar-refractivity contribution in [2.75, 3.05) is 0 Å². The molecule has 0 amide bonds. The Bertz CT molecular complexity index is 750. The van der Waals surface area contributed by atoms with Crippen molar-refractivity contribution in [1.29, 1.82) is 0 Å². The Morgan fingerprint density at radius 2 is 1.46 bits per heavy atom. The second kappa shape index (κ2) is 7.86. The molecule has 0 N–H and O–H groups in total. The maximum atomic E-state index is 12.6. The number of carbonyl (C=O) groups excluding carboxylic acids is 2. The Morgan fingerprint density at radius 3 is 2.00 bits per heavy atom. The third kappa shape index (κ3) is 3.44. The molecule has 1 fully saturated rings. The normalized spacial score (nSPS) is 21.0. The first kappa shape index (κ1) is 19.9. The molecule has 3 heteroatoms. The van der Waals surface area contributed by atoms with Crippen molar-refractivity contribution >= 4 is 11.9 Å². The second-order valence-corrected chi connectivity index (χ2v) is 7.26. The van der Waals surface area contributed by atoms with Crippen molar-refractivity contribution in [3.05, 3.63) is 71.8 Å². The number of esters is 2. The van der Waals surface area contributed by atoms with Gasteiger partial charge in [0.05, 0.1) is 11.8 Å². The molecule has 1 aliphatic heterocycles. The van der Waals surface area contributed by atoms with Crippen LogP contribution in [0.25, 0.3) is 0 Å². The quantitative estimate of drug-likeness (QED) is 0.555. The summed E-state index contributed by atoms with van der Waals surface area (Å²) in [6.45, 7) is 6.11. The zero-order valence-electron chi connectivity index (χ0n) is 14.9. The van der Waals surface area contributed by atoms with Crippen LogP contribution in [0.15, 0.2) is 60.7 Å². The molecule has 1 aliphatic rings. The SMILES string of the molecule is C.CCC(c1ccccc1)C1C(=O)OC(=O)C1C(C)(C)c1ccccc1. The lowest BCUT2D eigenvalue weighted by molar-refractivity contribution is -0.154. The molecular formula is C23H28O3. The van der Waals surface area contributed by atoms with Gasteiger partial charge in [-0.1, -0.05) is 88.9 Å². The van der Waals surface area contributed by atoms with Gasteiger partial charge in [-0.25, -0.2) is 0 Å². The average Bonchev–Trinajstić information content (AvgIpc) is 2.92. The predicted molar refractivity (Wildman–Crippen MR) is 104 cm³/mol. The summed E-state index contributed by atoms with van der Waals surface area (Å²) in [4.78, 5) is 25.2. The number of hydrogen-bond acceptors (Lipinski definition) is 3. The molecular weight excluding hydrogens is 324 g/mol. The Morgan fingerprint density at radius 1 is 0.923 bits per heavy atom. The molecule has 0 saturated carbocycles. The molecule has 3 rings (SSSR count). The summed E-state index contributed by atoms with van der Waals surface area (Å²) >= 11 is 0. The number of benzene rings is 2. The Balaban J connectivity index is 0.00000243. The minimum Gasteiger partial charge on any atom is -0.393 e. The lowest BCUT2D eigenvalue weighted by Gasteiger charge is -2.35. The van der Waals surface area contributed by atoms with Gasteiger partial charge >= 0.3 is 11.9 Å². The van der Waals surface area contributed by atoms with E-state index in [1.54, 1.807) is 0 Å². The molecule has 3 atom stereocenters. The highest BCUT2D eigenvalue weighted by molar-refractivity contribution is 5.98. The first-order valence-corrected chi connectivity index (χ1v) is 8.82. The Hall–Kier alpha value is -2.42. The molecule has 1 heterocycles. The van der Waals surface area contributed by atoms with Crippen LogP contribution < -0.4 is 0 Å². The van der Waals surface area contributed by atoms with Gasteiger partial charge in [0.1, 0.15) is 0 Å². The maximum Gasteiger partial charge on any atom is 0.318 e. The van der Waals surface area contributed by atoms with E-state index in [-0.39, 0.29) is 13.3 Å². The summed E-state index contributed by atoms with van der Waals surface area (Å²) in [7, 11) is 0. The lowest BCUT2D eigenvalue weighted by Crippen LogP contribution is -2.39. The number of rotatable bonds is 5. The van der Waals surface area contributed by atoms with E-state index in [2.05, 4.69) is 6.92 Å². The van der Waals surface area contributed by atoms with Gasteiger partial charge < -0.3 is 4.74 Å². The summed E-state index contributed by atoms with van der Waals surface area (Å²) in [6, 6.07) is 19.8. The van der Waals surface area contributed by atoms with Crippen LogP contribution in [0.4, 0.5) is 0 Å². The van der Waals surface area contributed by atoms with Gasteiger partial charge in [0.25, 0.3) is 0 Å². The van der Waals surface area contributed by atoms with Crippen LogP contribution in [-0.4, -0.2) is 11.9 Å². The zero-order valence-corrected chi connectivity index (χ0v) is 14.9. The molecule has 3 nitrogen and oxygen atoms in total. The van der Waals surface area contributed by atoms with Crippen molar-refractivity contribution in [1.82, 2.24) is 0 Å². The monoisotopic (exact) mass is 352 g/mol. The number of carbonyl (C=O) groups is 2. The molecule has 0 radical (unpaired) electrons. The topological polar surface area (TPSA) is 43.4 Å². The van der Waals surface area contributed by atoms with E-state index in [0.29, 0.717) is 0 Å². The molecule has 3 unspecified atom stereocenters. The van der Waals surface area contributed by atoms with Crippen molar-refractivity contribution in [3.8, 4) is 0 Å². The Labute approximate surface area is 156 Å². The van der Waals surface area contributed by atoms with E-state index < -0.39 is 29.2 Å². The third-order valence-corrected chi connectivity index (χ3v) is 5.48. The summed E-state index contributed by atoms with van der Waals surface area (Å²) in [6.07, 6.45) is 0.776. The van der Waals surface area contributed by atoms with E-state index >= 15 is 0 Å². The van der Waals surface area contributed by atoms with Crippen molar-refractivity contribution in [2.24, 2.45) is 11.8 Å². The minimum absolute atomic E-state index is 0. The van der Waals surface area contributed by atoms with E-state index in [1.165, 1.54) is 0 Å². The molecule has 0 spiro atoms. The smallest absolute Gasteiger partial charge is 0.318 e. The number of hydrogen-bond donors (Lipinski definition) is 0. The van der Waals surface area contributed by atoms with Gasteiger partial charge in [-0.15, -0.1) is 0 Å². The summed E-state index contributed by atoms with van der Waals surface area (Å²) in [5.41, 5.74) is 1.63. The largest absolute Gasteiger partial charge is 0.393 e. The van der Waals surface area contributed by atoms with Gasteiger partial charge in [-0.05, 0) is 23.5 Å².